The SMILES string of the molecule is Nc1ccc(Sc2ncccc2Br)c(F)c1. The van der Waals surface area contributed by atoms with Crippen molar-refractivity contribution in [2.45, 2.75) is 9.92 Å². The van der Waals surface area contributed by atoms with Crippen LogP contribution in [-0.4, -0.2) is 4.98 Å². The van der Waals surface area contributed by atoms with Gasteiger partial charge >= 0.3 is 0 Å². The molecule has 0 saturated heterocycles. The maximum Gasteiger partial charge on any atom is 0.139 e. The molecule has 0 radical (unpaired) electrons. The van der Waals surface area contributed by atoms with Crippen molar-refractivity contribution in [2.24, 2.45) is 0 Å². The topological polar surface area (TPSA) is 38.9 Å². The molecule has 0 aliphatic rings. The zero-order chi connectivity index (χ0) is 11.5. The lowest BCUT2D eigenvalue weighted by molar-refractivity contribution is 0.602. The molecular formula is C11H8BrFN2S. The van der Waals surface area contributed by atoms with E-state index in [2.05, 4.69) is 20.9 Å². The van der Waals surface area contributed by atoms with Gasteiger partial charge in [-0.1, -0.05) is 11.8 Å². The number of hydrogen-bond acceptors (Lipinski definition) is 3. The van der Waals surface area contributed by atoms with Gasteiger partial charge in [-0.2, -0.15) is 0 Å². The highest BCUT2D eigenvalue weighted by Crippen LogP contribution is 2.33. The van der Waals surface area contributed by atoms with Crippen molar-refractivity contribution < 1.29 is 4.39 Å². The van der Waals surface area contributed by atoms with Gasteiger partial charge in [0.15, 0.2) is 0 Å². The summed E-state index contributed by atoms with van der Waals surface area (Å²) < 4.78 is 14.4. The van der Waals surface area contributed by atoms with Gasteiger partial charge in [-0.25, -0.2) is 9.37 Å². The van der Waals surface area contributed by atoms with E-state index in [9.17, 15) is 4.39 Å². The molecule has 2 rings (SSSR count). The fourth-order valence-corrected chi connectivity index (χ4v) is 2.43. The van der Waals surface area contributed by atoms with Crippen molar-refractivity contribution in [3.63, 3.8) is 0 Å². The van der Waals surface area contributed by atoms with Crippen LogP contribution in [-0.2, 0) is 0 Å². The first kappa shape index (κ1) is 11.4. The van der Waals surface area contributed by atoms with Crippen molar-refractivity contribution in [3.05, 3.63) is 46.8 Å². The summed E-state index contributed by atoms with van der Waals surface area (Å²) in [5, 5.41) is 0.728. The van der Waals surface area contributed by atoms with E-state index in [0.717, 1.165) is 9.50 Å². The number of nitrogens with zero attached hydrogens (tertiary/aromatic N) is 1. The maximum absolute atomic E-state index is 13.5. The third-order valence-electron chi connectivity index (χ3n) is 1.89. The van der Waals surface area contributed by atoms with E-state index in [1.54, 1.807) is 18.3 Å². The number of nitrogen functional groups attached to an aromatic ring is 1. The van der Waals surface area contributed by atoms with E-state index in [0.29, 0.717) is 10.6 Å². The third kappa shape index (κ3) is 2.54. The van der Waals surface area contributed by atoms with Crippen molar-refractivity contribution in [3.8, 4) is 0 Å². The van der Waals surface area contributed by atoms with Crippen molar-refractivity contribution in [2.75, 3.05) is 5.73 Å². The Morgan fingerprint density at radius 1 is 1.31 bits per heavy atom. The number of aromatic nitrogens is 1. The molecule has 0 unspecified atom stereocenters. The highest BCUT2D eigenvalue weighted by molar-refractivity contribution is 9.10. The summed E-state index contributed by atoms with van der Waals surface area (Å²) in [6.07, 6.45) is 1.67. The quantitative estimate of drug-likeness (QED) is 0.859. The summed E-state index contributed by atoms with van der Waals surface area (Å²) in [5.74, 6) is -0.331. The largest absolute Gasteiger partial charge is 0.399 e. The van der Waals surface area contributed by atoms with Crippen LogP contribution in [0.2, 0.25) is 0 Å². The number of hydrogen-bond donors (Lipinski definition) is 1. The molecule has 0 bridgehead atoms. The van der Waals surface area contributed by atoms with E-state index in [-0.39, 0.29) is 5.82 Å². The Hall–Kier alpha value is -1.07. The number of rotatable bonds is 2. The first-order valence-electron chi connectivity index (χ1n) is 4.50. The summed E-state index contributed by atoms with van der Waals surface area (Å²) in [7, 11) is 0. The lowest BCUT2D eigenvalue weighted by Gasteiger charge is -2.04. The van der Waals surface area contributed by atoms with Gasteiger partial charge < -0.3 is 5.73 Å². The molecule has 16 heavy (non-hydrogen) atoms. The van der Waals surface area contributed by atoms with Crippen LogP contribution in [0.3, 0.4) is 0 Å². The smallest absolute Gasteiger partial charge is 0.139 e. The van der Waals surface area contributed by atoms with Gasteiger partial charge in [0.25, 0.3) is 0 Å². The van der Waals surface area contributed by atoms with Gasteiger partial charge in [0, 0.05) is 16.8 Å². The van der Waals surface area contributed by atoms with Crippen LogP contribution in [0.5, 0.6) is 0 Å². The summed E-state index contributed by atoms with van der Waals surface area (Å²) in [6.45, 7) is 0. The molecule has 0 saturated carbocycles. The molecule has 1 aromatic heterocycles. The second kappa shape index (κ2) is 4.84. The zero-order valence-corrected chi connectivity index (χ0v) is 10.6. The van der Waals surface area contributed by atoms with Crippen LogP contribution in [0.4, 0.5) is 10.1 Å². The standard InChI is InChI=1S/C11H8BrFN2S/c12-8-2-1-5-15-11(8)16-10-4-3-7(14)6-9(10)13/h1-6H,14H2. The van der Waals surface area contributed by atoms with E-state index < -0.39 is 0 Å². The number of nitrogens with two attached hydrogens (primary N) is 1. The lowest BCUT2D eigenvalue weighted by atomic mass is 10.3. The highest BCUT2D eigenvalue weighted by atomic mass is 79.9. The average Bonchev–Trinajstić information content (AvgIpc) is 2.25. The molecule has 1 heterocycles. The van der Waals surface area contributed by atoms with E-state index in [1.807, 2.05) is 12.1 Å². The molecule has 82 valence electrons. The average molecular weight is 299 g/mol. The fraction of sp³-hybridized carbons (Fsp3) is 0. The Balaban J connectivity index is 2.31. The van der Waals surface area contributed by atoms with Gasteiger partial charge in [0.05, 0.1) is 4.47 Å². The third-order valence-corrected chi connectivity index (χ3v) is 3.86. The van der Waals surface area contributed by atoms with Gasteiger partial charge in [-0.05, 0) is 46.3 Å². The minimum atomic E-state index is -0.331. The van der Waals surface area contributed by atoms with Crippen molar-refractivity contribution in [1.29, 1.82) is 0 Å². The number of halogens is 2. The van der Waals surface area contributed by atoms with Gasteiger partial charge in [0.2, 0.25) is 0 Å². The van der Waals surface area contributed by atoms with Crippen LogP contribution >= 0.6 is 27.7 Å². The molecule has 0 atom stereocenters. The van der Waals surface area contributed by atoms with E-state index in [1.165, 1.54) is 17.8 Å². The predicted molar refractivity (Wildman–Crippen MR) is 66.9 cm³/mol. The summed E-state index contributed by atoms with van der Waals surface area (Å²) in [6, 6.07) is 8.30. The molecule has 1 aromatic carbocycles. The Bertz CT molecular complexity index is 519. The van der Waals surface area contributed by atoms with Crippen LogP contribution in [0.25, 0.3) is 0 Å². The summed E-state index contributed by atoms with van der Waals surface area (Å²) >= 11 is 4.62. The molecule has 2 N–H and O–H groups in total. The van der Waals surface area contributed by atoms with Crippen LogP contribution < -0.4 is 5.73 Å². The second-order valence-electron chi connectivity index (χ2n) is 3.08. The molecule has 5 heteroatoms. The Kier molecular flexibility index (Phi) is 3.46. The van der Waals surface area contributed by atoms with Crippen LogP contribution in [0, 0.1) is 5.82 Å². The fourth-order valence-electron chi connectivity index (χ4n) is 1.15. The molecule has 0 spiro atoms. The van der Waals surface area contributed by atoms with Crippen LogP contribution in [0.15, 0.2) is 50.9 Å². The Labute approximate surface area is 105 Å². The molecule has 0 amide bonds. The molecule has 2 aromatic rings. The Morgan fingerprint density at radius 2 is 2.12 bits per heavy atom. The van der Waals surface area contributed by atoms with E-state index >= 15 is 0 Å². The zero-order valence-electron chi connectivity index (χ0n) is 8.15. The molecule has 0 aliphatic carbocycles. The molecule has 0 fully saturated rings. The van der Waals surface area contributed by atoms with Gasteiger partial charge in [-0.3, -0.25) is 0 Å². The first-order chi connectivity index (χ1) is 7.66. The predicted octanol–water partition coefficient (Wildman–Crippen LogP) is 3.72. The lowest BCUT2D eigenvalue weighted by Crippen LogP contribution is -1.89. The molecule has 2 nitrogen and oxygen atoms in total. The van der Waals surface area contributed by atoms with Crippen molar-refractivity contribution >= 4 is 33.4 Å². The summed E-state index contributed by atoms with van der Waals surface area (Å²) in [5.41, 5.74) is 5.90. The normalized spacial score (nSPS) is 10.4. The van der Waals surface area contributed by atoms with Gasteiger partial charge in [0.1, 0.15) is 10.8 Å². The first-order valence-corrected chi connectivity index (χ1v) is 6.11. The minimum Gasteiger partial charge on any atom is -0.399 e. The Morgan fingerprint density at radius 3 is 2.81 bits per heavy atom. The second-order valence-corrected chi connectivity index (χ2v) is 4.97. The highest BCUT2D eigenvalue weighted by Gasteiger charge is 2.07. The number of benzene rings is 1. The maximum atomic E-state index is 13.5. The number of anilines is 1. The molecular weight excluding hydrogens is 291 g/mol. The van der Waals surface area contributed by atoms with Crippen molar-refractivity contribution in [1.82, 2.24) is 4.98 Å². The monoisotopic (exact) mass is 298 g/mol. The molecule has 0 aliphatic heterocycles. The summed E-state index contributed by atoms with van der Waals surface area (Å²) in [4.78, 5) is 4.66. The van der Waals surface area contributed by atoms with Crippen LogP contribution in [0.1, 0.15) is 0 Å². The van der Waals surface area contributed by atoms with Gasteiger partial charge in [-0.15, -0.1) is 0 Å². The number of pyridine rings is 1. The minimum absolute atomic E-state index is 0.331. The van der Waals surface area contributed by atoms with E-state index in [4.69, 9.17) is 5.73 Å².